The second-order valence-corrected chi connectivity index (χ2v) is 9.38. The van der Waals surface area contributed by atoms with Gasteiger partial charge in [-0.2, -0.15) is 0 Å². The van der Waals surface area contributed by atoms with Gasteiger partial charge in [0.1, 0.15) is 11.9 Å². The summed E-state index contributed by atoms with van der Waals surface area (Å²) in [7, 11) is 5.13. The van der Waals surface area contributed by atoms with Crippen molar-refractivity contribution in [3.8, 4) is 11.6 Å². The summed E-state index contributed by atoms with van der Waals surface area (Å²) in [6.07, 6.45) is 3.49. The number of benzene rings is 2. The summed E-state index contributed by atoms with van der Waals surface area (Å²) < 4.78 is 18.4. The highest BCUT2D eigenvalue weighted by Gasteiger charge is 2.29. The second-order valence-electron chi connectivity index (χ2n) is 9.38. The molecule has 0 radical (unpaired) electrons. The summed E-state index contributed by atoms with van der Waals surface area (Å²) in [5.41, 5.74) is 2.99. The van der Waals surface area contributed by atoms with Crippen molar-refractivity contribution in [2.45, 2.75) is 51.2 Å². The molecule has 1 aromatic heterocycles. The fourth-order valence-electron chi connectivity index (χ4n) is 4.58. The van der Waals surface area contributed by atoms with E-state index in [0.717, 1.165) is 37.0 Å². The van der Waals surface area contributed by atoms with Crippen LogP contribution in [0.15, 0.2) is 48.5 Å². The van der Waals surface area contributed by atoms with Gasteiger partial charge in [-0.25, -0.2) is 9.48 Å². The van der Waals surface area contributed by atoms with E-state index in [4.69, 9.17) is 14.2 Å². The van der Waals surface area contributed by atoms with Crippen molar-refractivity contribution in [2.75, 3.05) is 27.8 Å². The molecule has 2 aromatic carbocycles. The van der Waals surface area contributed by atoms with E-state index in [-0.39, 0.29) is 24.3 Å². The largest absolute Gasteiger partial charge is 0.497 e. The summed E-state index contributed by atoms with van der Waals surface area (Å²) in [6.45, 7) is 2.40. The van der Waals surface area contributed by atoms with E-state index in [0.29, 0.717) is 23.9 Å². The maximum absolute atomic E-state index is 12.5. The number of methoxy groups -OCH3 is 1. The van der Waals surface area contributed by atoms with Crippen molar-refractivity contribution in [1.82, 2.24) is 19.9 Å². The average molecular weight is 507 g/mol. The predicted octanol–water partition coefficient (Wildman–Crippen LogP) is 4.32. The molecular weight excluding hydrogens is 472 g/mol. The zero-order valence-electron chi connectivity index (χ0n) is 21.8. The highest BCUT2D eigenvalue weighted by Crippen LogP contribution is 2.35. The van der Waals surface area contributed by atoms with Gasteiger partial charge in [-0.1, -0.05) is 29.5 Å². The van der Waals surface area contributed by atoms with Crippen LogP contribution in [0.2, 0.25) is 0 Å². The number of rotatable bonds is 9. The SMILES string of the molecule is CCOC(=O)c1nnn(Cc2ccc(OC)cc2)c1OC1CCC(c2ccc(C(=O)N(C)C)cc2)CC1. The minimum absolute atomic E-state index is 0.000855. The van der Waals surface area contributed by atoms with Crippen molar-refractivity contribution >= 4 is 11.9 Å². The summed E-state index contributed by atoms with van der Waals surface area (Å²) in [6, 6.07) is 15.5. The first kappa shape index (κ1) is 26.2. The van der Waals surface area contributed by atoms with Crippen LogP contribution in [0.4, 0.5) is 0 Å². The number of carbonyl (C=O) groups excluding carboxylic acids is 2. The van der Waals surface area contributed by atoms with Gasteiger partial charge in [-0.05, 0) is 73.9 Å². The van der Waals surface area contributed by atoms with Gasteiger partial charge in [0.15, 0.2) is 0 Å². The van der Waals surface area contributed by atoms with E-state index in [1.165, 1.54) is 5.56 Å². The van der Waals surface area contributed by atoms with Crippen LogP contribution in [0.25, 0.3) is 0 Å². The zero-order chi connectivity index (χ0) is 26.4. The van der Waals surface area contributed by atoms with E-state index < -0.39 is 5.97 Å². The lowest BCUT2D eigenvalue weighted by molar-refractivity contribution is 0.0507. The second kappa shape index (κ2) is 11.9. The van der Waals surface area contributed by atoms with Crippen molar-refractivity contribution in [3.63, 3.8) is 0 Å². The molecule has 1 aliphatic carbocycles. The van der Waals surface area contributed by atoms with Gasteiger partial charge in [-0.3, -0.25) is 4.79 Å². The zero-order valence-corrected chi connectivity index (χ0v) is 21.8. The molecule has 1 fully saturated rings. The number of aromatic nitrogens is 3. The van der Waals surface area contributed by atoms with Gasteiger partial charge in [0, 0.05) is 19.7 Å². The van der Waals surface area contributed by atoms with Crippen LogP contribution in [0.5, 0.6) is 11.6 Å². The molecular formula is C28H34N4O5. The van der Waals surface area contributed by atoms with Crippen LogP contribution in [-0.2, 0) is 11.3 Å². The summed E-state index contributed by atoms with van der Waals surface area (Å²) in [5.74, 6) is 0.960. The molecule has 0 aliphatic heterocycles. The summed E-state index contributed by atoms with van der Waals surface area (Å²) >= 11 is 0. The van der Waals surface area contributed by atoms with Gasteiger partial charge >= 0.3 is 5.97 Å². The van der Waals surface area contributed by atoms with Crippen LogP contribution < -0.4 is 9.47 Å². The number of hydrogen-bond donors (Lipinski definition) is 0. The Balaban J connectivity index is 1.44. The molecule has 0 spiro atoms. The summed E-state index contributed by atoms with van der Waals surface area (Å²) in [4.78, 5) is 26.3. The van der Waals surface area contributed by atoms with Crippen molar-refractivity contribution in [1.29, 1.82) is 0 Å². The number of amides is 1. The van der Waals surface area contributed by atoms with Crippen LogP contribution in [0, 0.1) is 0 Å². The Morgan fingerprint density at radius 1 is 1.00 bits per heavy atom. The molecule has 0 unspecified atom stereocenters. The molecule has 0 saturated heterocycles. The minimum Gasteiger partial charge on any atom is -0.497 e. The number of nitrogens with zero attached hydrogens (tertiary/aromatic N) is 4. The van der Waals surface area contributed by atoms with Crippen molar-refractivity contribution < 1.29 is 23.8 Å². The molecule has 9 nitrogen and oxygen atoms in total. The average Bonchev–Trinajstić information content (AvgIpc) is 3.31. The molecule has 0 N–H and O–H groups in total. The quantitative estimate of drug-likeness (QED) is 0.399. The van der Waals surface area contributed by atoms with E-state index in [1.54, 1.807) is 37.7 Å². The molecule has 0 atom stereocenters. The van der Waals surface area contributed by atoms with Gasteiger partial charge in [-0.15, -0.1) is 5.10 Å². The maximum atomic E-state index is 12.5. The van der Waals surface area contributed by atoms with Crippen LogP contribution in [0.1, 0.15) is 70.5 Å². The highest BCUT2D eigenvalue weighted by atomic mass is 16.5. The fourth-order valence-corrected chi connectivity index (χ4v) is 4.58. The monoisotopic (exact) mass is 506 g/mol. The van der Waals surface area contributed by atoms with E-state index in [9.17, 15) is 9.59 Å². The molecule has 37 heavy (non-hydrogen) atoms. The van der Waals surface area contributed by atoms with E-state index >= 15 is 0 Å². The minimum atomic E-state index is -0.542. The Kier molecular flexibility index (Phi) is 8.43. The molecule has 1 heterocycles. The van der Waals surface area contributed by atoms with Gasteiger partial charge < -0.3 is 19.1 Å². The molecule has 1 saturated carbocycles. The topological polar surface area (TPSA) is 95.8 Å². The Hall–Kier alpha value is -3.88. The molecule has 0 bridgehead atoms. The maximum Gasteiger partial charge on any atom is 0.364 e. The Morgan fingerprint density at radius 2 is 1.68 bits per heavy atom. The first-order chi connectivity index (χ1) is 17.9. The Labute approximate surface area is 217 Å². The standard InChI is InChI=1S/C28H34N4O5/c1-5-36-28(34)25-27(32(30-29-25)18-19-6-14-23(35-4)15-7-19)37-24-16-12-21(13-17-24)20-8-10-22(11-9-20)26(33)31(2)3/h6-11,14-15,21,24H,5,12-13,16-18H2,1-4H3. The van der Waals surface area contributed by atoms with Gasteiger partial charge in [0.2, 0.25) is 11.6 Å². The molecule has 4 rings (SSSR count). The third kappa shape index (κ3) is 6.28. The lowest BCUT2D eigenvalue weighted by atomic mass is 9.82. The van der Waals surface area contributed by atoms with Crippen molar-refractivity contribution in [3.05, 3.63) is 70.9 Å². The van der Waals surface area contributed by atoms with Crippen LogP contribution in [-0.4, -0.2) is 65.7 Å². The predicted molar refractivity (Wildman–Crippen MR) is 138 cm³/mol. The van der Waals surface area contributed by atoms with Crippen molar-refractivity contribution in [2.24, 2.45) is 0 Å². The Bertz CT molecular complexity index is 1200. The smallest absolute Gasteiger partial charge is 0.364 e. The van der Waals surface area contributed by atoms with E-state index in [1.807, 2.05) is 36.4 Å². The molecule has 196 valence electrons. The molecule has 9 heteroatoms. The van der Waals surface area contributed by atoms with Gasteiger partial charge in [0.05, 0.1) is 20.3 Å². The Morgan fingerprint density at radius 3 is 2.27 bits per heavy atom. The lowest BCUT2D eigenvalue weighted by Gasteiger charge is -2.29. The first-order valence-corrected chi connectivity index (χ1v) is 12.6. The van der Waals surface area contributed by atoms with Gasteiger partial charge in [0.25, 0.3) is 5.91 Å². The third-order valence-electron chi connectivity index (χ3n) is 6.64. The summed E-state index contributed by atoms with van der Waals surface area (Å²) in [5, 5.41) is 8.28. The number of esters is 1. The number of ether oxygens (including phenoxy) is 3. The van der Waals surface area contributed by atoms with Crippen LogP contribution in [0.3, 0.4) is 0 Å². The first-order valence-electron chi connectivity index (χ1n) is 12.6. The highest BCUT2D eigenvalue weighted by molar-refractivity contribution is 5.93. The normalized spacial score (nSPS) is 17.2. The van der Waals surface area contributed by atoms with E-state index in [2.05, 4.69) is 22.4 Å². The third-order valence-corrected chi connectivity index (χ3v) is 6.64. The van der Waals surface area contributed by atoms with Crippen LogP contribution >= 0.6 is 0 Å². The number of hydrogen-bond acceptors (Lipinski definition) is 7. The fraction of sp³-hybridized carbons (Fsp3) is 0.429. The lowest BCUT2D eigenvalue weighted by Crippen LogP contribution is -2.26. The molecule has 1 aliphatic rings. The number of carbonyl (C=O) groups is 2. The molecule has 3 aromatic rings. The molecule has 1 amide bonds.